The van der Waals surface area contributed by atoms with Crippen LogP contribution in [0.15, 0.2) is 28.2 Å². The summed E-state index contributed by atoms with van der Waals surface area (Å²) in [5, 5.41) is 4.38. The van der Waals surface area contributed by atoms with Crippen LogP contribution < -0.4 is 15.8 Å². The van der Waals surface area contributed by atoms with E-state index >= 15 is 0 Å². The minimum Gasteiger partial charge on any atom is -0.348 e. The second-order valence-corrected chi connectivity index (χ2v) is 10.2. The zero-order chi connectivity index (χ0) is 22.7. The monoisotopic (exact) mass is 471 g/mol. The molecule has 0 spiro atoms. The van der Waals surface area contributed by atoms with Gasteiger partial charge in [-0.25, -0.2) is 4.98 Å². The van der Waals surface area contributed by atoms with Gasteiger partial charge in [0.2, 0.25) is 5.91 Å². The van der Waals surface area contributed by atoms with Gasteiger partial charge in [-0.05, 0) is 62.8 Å². The number of hydrogen-bond acceptors (Lipinski definition) is 7. The number of aromatic nitrogens is 3. The third kappa shape index (κ3) is 5.15. The molecule has 1 aliphatic heterocycles. The number of rotatable bonds is 7. The Morgan fingerprint density at radius 3 is 2.53 bits per heavy atom. The molecule has 0 saturated carbocycles. The smallest absolute Gasteiger partial charge is 0.273 e. The fourth-order valence-electron chi connectivity index (χ4n) is 4.00. The standard InChI is InChI=1S/C23H29N5O2S2/c1-4-8-28-21(30)19-20(25-22(32-19)27-9-6-5-7-10-27)26-23(28)31-14-18(29)24-17-12-15(2)11-16(3)13-17/h11-13H,4-10,14H2,1-3H3,(H,24,29). The van der Waals surface area contributed by atoms with Gasteiger partial charge >= 0.3 is 0 Å². The number of nitrogens with zero attached hydrogens (tertiary/aromatic N) is 4. The van der Waals surface area contributed by atoms with Crippen molar-refractivity contribution in [3.8, 4) is 0 Å². The first-order valence-electron chi connectivity index (χ1n) is 11.1. The summed E-state index contributed by atoms with van der Waals surface area (Å²) < 4.78 is 2.29. The van der Waals surface area contributed by atoms with E-state index in [9.17, 15) is 9.59 Å². The van der Waals surface area contributed by atoms with Gasteiger partial charge in [0.25, 0.3) is 5.56 Å². The Bertz CT molecular complexity index is 1160. The average Bonchev–Trinajstić information content (AvgIpc) is 3.19. The molecule has 1 amide bonds. The molecule has 32 heavy (non-hydrogen) atoms. The predicted octanol–water partition coefficient (Wildman–Crippen LogP) is 4.60. The zero-order valence-corrected chi connectivity index (χ0v) is 20.4. The van der Waals surface area contributed by atoms with Crippen LogP contribution in [0.25, 0.3) is 10.3 Å². The lowest BCUT2D eigenvalue weighted by Crippen LogP contribution is -2.29. The topological polar surface area (TPSA) is 80.1 Å². The Kier molecular flexibility index (Phi) is 7.15. The fraction of sp³-hybridized carbons (Fsp3) is 0.478. The maximum absolute atomic E-state index is 13.2. The summed E-state index contributed by atoms with van der Waals surface area (Å²) in [6.07, 6.45) is 4.36. The number of benzene rings is 1. The molecule has 1 saturated heterocycles. The quantitative estimate of drug-likeness (QED) is 0.401. The van der Waals surface area contributed by atoms with Crippen molar-refractivity contribution in [2.24, 2.45) is 0 Å². The minimum absolute atomic E-state index is 0.0603. The number of thiazole rings is 1. The summed E-state index contributed by atoms with van der Waals surface area (Å²) in [6.45, 7) is 8.56. The normalized spacial score (nSPS) is 14.2. The van der Waals surface area contributed by atoms with Gasteiger partial charge in [-0.3, -0.25) is 14.2 Å². The van der Waals surface area contributed by atoms with Gasteiger partial charge in [0.15, 0.2) is 15.9 Å². The highest BCUT2D eigenvalue weighted by Crippen LogP contribution is 2.29. The van der Waals surface area contributed by atoms with Crippen LogP contribution in [0.2, 0.25) is 0 Å². The van der Waals surface area contributed by atoms with Crippen LogP contribution in [0.1, 0.15) is 43.7 Å². The molecule has 0 unspecified atom stereocenters. The number of carbonyl (C=O) groups excluding carboxylic acids is 1. The third-order valence-corrected chi connectivity index (χ3v) is 7.45. The maximum atomic E-state index is 13.2. The van der Waals surface area contributed by atoms with E-state index in [4.69, 9.17) is 4.98 Å². The van der Waals surface area contributed by atoms with E-state index in [0.29, 0.717) is 22.0 Å². The first kappa shape index (κ1) is 22.8. The number of amides is 1. The van der Waals surface area contributed by atoms with Crippen molar-refractivity contribution < 1.29 is 4.79 Å². The molecule has 0 radical (unpaired) electrons. The van der Waals surface area contributed by atoms with Crippen LogP contribution in [0.5, 0.6) is 0 Å². The minimum atomic E-state index is -0.121. The second-order valence-electron chi connectivity index (χ2n) is 8.26. The molecule has 2 aromatic heterocycles. The summed E-state index contributed by atoms with van der Waals surface area (Å²) in [5.74, 6) is 0.0577. The van der Waals surface area contributed by atoms with Gasteiger partial charge in [-0.15, -0.1) is 0 Å². The molecule has 1 aromatic carbocycles. The Labute approximate surface area is 196 Å². The molecule has 9 heteroatoms. The molecule has 4 rings (SSSR count). The Balaban J connectivity index is 1.55. The summed E-state index contributed by atoms with van der Waals surface area (Å²) in [5.41, 5.74) is 3.42. The van der Waals surface area contributed by atoms with Gasteiger partial charge < -0.3 is 10.2 Å². The van der Waals surface area contributed by atoms with Gasteiger partial charge in [0, 0.05) is 25.3 Å². The van der Waals surface area contributed by atoms with Crippen molar-refractivity contribution in [1.29, 1.82) is 0 Å². The number of fused-ring (bicyclic) bond motifs is 1. The van der Waals surface area contributed by atoms with Crippen molar-refractivity contribution in [2.75, 3.05) is 29.1 Å². The van der Waals surface area contributed by atoms with Crippen LogP contribution in [-0.2, 0) is 11.3 Å². The predicted molar refractivity (Wildman–Crippen MR) is 133 cm³/mol. The number of aryl methyl sites for hydroxylation is 2. The van der Waals surface area contributed by atoms with Crippen LogP contribution in [0.3, 0.4) is 0 Å². The zero-order valence-electron chi connectivity index (χ0n) is 18.8. The lowest BCUT2D eigenvalue weighted by molar-refractivity contribution is -0.113. The lowest BCUT2D eigenvalue weighted by atomic mass is 10.1. The largest absolute Gasteiger partial charge is 0.348 e. The molecule has 1 N–H and O–H groups in total. The molecule has 170 valence electrons. The Morgan fingerprint density at radius 2 is 1.84 bits per heavy atom. The van der Waals surface area contributed by atoms with Crippen molar-refractivity contribution in [1.82, 2.24) is 14.5 Å². The van der Waals surface area contributed by atoms with E-state index in [0.717, 1.165) is 54.3 Å². The fourth-order valence-corrected chi connectivity index (χ4v) is 5.82. The molecular formula is C23H29N5O2S2. The van der Waals surface area contributed by atoms with E-state index in [-0.39, 0.29) is 17.2 Å². The van der Waals surface area contributed by atoms with E-state index in [2.05, 4.69) is 21.3 Å². The molecule has 3 aromatic rings. The highest BCUT2D eigenvalue weighted by molar-refractivity contribution is 7.99. The number of hydrogen-bond donors (Lipinski definition) is 1. The van der Waals surface area contributed by atoms with Gasteiger partial charge in [0.1, 0.15) is 4.70 Å². The highest BCUT2D eigenvalue weighted by Gasteiger charge is 2.20. The molecule has 1 aliphatic rings. The first-order valence-corrected chi connectivity index (χ1v) is 12.9. The second kappa shape index (κ2) is 10.0. The van der Waals surface area contributed by atoms with Crippen molar-refractivity contribution >= 4 is 50.2 Å². The van der Waals surface area contributed by atoms with E-state index < -0.39 is 0 Å². The van der Waals surface area contributed by atoms with Gasteiger partial charge in [0.05, 0.1) is 5.75 Å². The number of carbonyl (C=O) groups is 1. The molecule has 0 aliphatic carbocycles. The van der Waals surface area contributed by atoms with Crippen molar-refractivity contribution in [3.63, 3.8) is 0 Å². The van der Waals surface area contributed by atoms with Crippen LogP contribution >= 0.6 is 23.1 Å². The molecule has 0 bridgehead atoms. The highest BCUT2D eigenvalue weighted by atomic mass is 32.2. The molecular weight excluding hydrogens is 442 g/mol. The average molecular weight is 472 g/mol. The lowest BCUT2D eigenvalue weighted by Gasteiger charge is -2.25. The van der Waals surface area contributed by atoms with Gasteiger partial charge in [-0.2, -0.15) is 4.98 Å². The SMILES string of the molecule is CCCn1c(SCC(=O)Nc2cc(C)cc(C)c2)nc2nc(N3CCCCC3)sc2c1=O. The van der Waals surface area contributed by atoms with E-state index in [1.807, 2.05) is 32.9 Å². The van der Waals surface area contributed by atoms with Crippen LogP contribution in [0.4, 0.5) is 10.8 Å². The number of anilines is 2. The Morgan fingerprint density at radius 1 is 1.12 bits per heavy atom. The number of thioether (sulfide) groups is 1. The summed E-state index contributed by atoms with van der Waals surface area (Å²) >= 11 is 2.73. The summed E-state index contributed by atoms with van der Waals surface area (Å²) in [6, 6.07) is 5.97. The first-order chi connectivity index (χ1) is 15.4. The van der Waals surface area contributed by atoms with Crippen molar-refractivity contribution in [2.45, 2.75) is 58.2 Å². The molecule has 3 heterocycles. The Hall–Kier alpha value is -2.39. The number of nitrogens with one attached hydrogen (secondary N) is 1. The van der Waals surface area contributed by atoms with E-state index in [1.54, 1.807) is 4.57 Å². The maximum Gasteiger partial charge on any atom is 0.273 e. The number of piperidine rings is 1. The van der Waals surface area contributed by atoms with Crippen molar-refractivity contribution in [3.05, 3.63) is 39.7 Å². The molecule has 0 atom stereocenters. The van der Waals surface area contributed by atoms with Crippen LogP contribution in [-0.4, -0.2) is 39.3 Å². The van der Waals surface area contributed by atoms with E-state index in [1.165, 1.54) is 29.5 Å². The molecule has 7 nitrogen and oxygen atoms in total. The third-order valence-electron chi connectivity index (χ3n) is 5.38. The summed E-state index contributed by atoms with van der Waals surface area (Å²) in [7, 11) is 0. The summed E-state index contributed by atoms with van der Waals surface area (Å²) in [4.78, 5) is 37.4. The van der Waals surface area contributed by atoms with Gasteiger partial charge in [-0.1, -0.05) is 36.1 Å². The molecule has 1 fully saturated rings. The van der Waals surface area contributed by atoms with Crippen LogP contribution in [0, 0.1) is 13.8 Å².